The summed E-state index contributed by atoms with van der Waals surface area (Å²) in [6.07, 6.45) is 0.717. The highest BCUT2D eigenvalue weighted by atomic mass is 16.8. The second kappa shape index (κ2) is 8.52. The molecule has 0 spiro atoms. The summed E-state index contributed by atoms with van der Waals surface area (Å²) in [6.45, 7) is 0.306. The van der Waals surface area contributed by atoms with E-state index in [2.05, 4.69) is 34.9 Å². The molecule has 2 aromatic carbocycles. The number of fused-ring (bicyclic) bond motifs is 1. The number of benzene rings is 2. The van der Waals surface area contributed by atoms with Gasteiger partial charge in [0.25, 0.3) is 0 Å². The zero-order chi connectivity index (χ0) is 18.5. The number of nitrogens with one attached hydrogen (secondary N) is 2. The molecule has 27 heavy (non-hydrogen) atoms. The minimum absolute atomic E-state index is 0.153. The second-order valence-corrected chi connectivity index (χ2v) is 6.91. The van der Waals surface area contributed by atoms with Gasteiger partial charge in [-0.05, 0) is 24.0 Å². The number of hydrogen-bond donors (Lipinski definition) is 2. The predicted octanol–water partition coefficient (Wildman–Crippen LogP) is 2.24. The lowest BCUT2D eigenvalue weighted by Crippen LogP contribution is -2.51. The van der Waals surface area contributed by atoms with E-state index in [1.165, 1.54) is 0 Å². The van der Waals surface area contributed by atoms with Crippen molar-refractivity contribution in [2.75, 3.05) is 13.6 Å². The third kappa shape index (κ3) is 4.47. The maximum absolute atomic E-state index is 12.5. The van der Waals surface area contributed by atoms with Crippen molar-refractivity contribution in [2.24, 2.45) is 0 Å². The molecule has 2 heterocycles. The Kier molecular flexibility index (Phi) is 5.67. The van der Waals surface area contributed by atoms with Crippen LogP contribution in [0.15, 0.2) is 60.7 Å². The number of urea groups is 1. The molecule has 0 aliphatic carbocycles. The molecular formula is C21H24N2O4. The van der Waals surface area contributed by atoms with Crippen LogP contribution in [0.5, 0.6) is 0 Å². The van der Waals surface area contributed by atoms with E-state index >= 15 is 0 Å². The molecule has 0 unspecified atom stereocenters. The van der Waals surface area contributed by atoms with Crippen LogP contribution < -0.4 is 10.6 Å². The summed E-state index contributed by atoms with van der Waals surface area (Å²) in [5.41, 5.74) is 2.27. The number of amides is 2. The summed E-state index contributed by atoms with van der Waals surface area (Å²) in [4.78, 5) is 12.5. The highest BCUT2D eigenvalue weighted by Gasteiger charge is 2.42. The van der Waals surface area contributed by atoms with Crippen LogP contribution in [0.1, 0.15) is 11.1 Å². The van der Waals surface area contributed by atoms with Gasteiger partial charge in [0.15, 0.2) is 0 Å². The summed E-state index contributed by atoms with van der Waals surface area (Å²) in [5, 5.41) is 6.12. The van der Waals surface area contributed by atoms with Crippen LogP contribution in [-0.4, -0.2) is 43.9 Å². The number of ether oxygens (including phenoxy) is 3. The average molecular weight is 368 g/mol. The van der Waals surface area contributed by atoms with Crippen molar-refractivity contribution >= 4 is 6.03 Å². The highest BCUT2D eigenvalue weighted by molar-refractivity contribution is 5.75. The van der Waals surface area contributed by atoms with Crippen molar-refractivity contribution in [3.63, 3.8) is 0 Å². The normalized spacial score (nSPS) is 28.2. The molecule has 4 atom stereocenters. The molecule has 6 nitrogen and oxygen atoms in total. The first-order chi connectivity index (χ1) is 13.3. The lowest BCUT2D eigenvalue weighted by Gasteiger charge is -2.31. The average Bonchev–Trinajstić information content (AvgIpc) is 3.00. The molecule has 2 aliphatic heterocycles. The van der Waals surface area contributed by atoms with Crippen molar-refractivity contribution in [3.05, 3.63) is 71.8 Å². The van der Waals surface area contributed by atoms with Gasteiger partial charge in [-0.25, -0.2) is 4.79 Å². The number of rotatable bonds is 4. The second-order valence-electron chi connectivity index (χ2n) is 6.91. The van der Waals surface area contributed by atoms with Gasteiger partial charge >= 0.3 is 6.03 Å². The van der Waals surface area contributed by atoms with Crippen molar-refractivity contribution < 1.29 is 19.0 Å². The molecule has 2 aliphatic rings. The van der Waals surface area contributed by atoms with E-state index in [9.17, 15) is 4.79 Å². The van der Waals surface area contributed by atoms with Crippen molar-refractivity contribution in [2.45, 2.75) is 37.1 Å². The molecule has 0 radical (unpaired) electrons. The molecule has 142 valence electrons. The van der Waals surface area contributed by atoms with Gasteiger partial charge in [-0.15, -0.1) is 0 Å². The van der Waals surface area contributed by atoms with Crippen LogP contribution in [0.25, 0.3) is 0 Å². The first-order valence-electron chi connectivity index (χ1n) is 9.25. The summed E-state index contributed by atoms with van der Waals surface area (Å²) in [5.74, 6) is 0. The fourth-order valence-corrected chi connectivity index (χ4v) is 3.78. The first kappa shape index (κ1) is 18.0. The van der Waals surface area contributed by atoms with E-state index in [-0.39, 0.29) is 43.9 Å². The Morgan fingerprint density at radius 3 is 1.63 bits per heavy atom. The van der Waals surface area contributed by atoms with Crippen LogP contribution in [0.3, 0.4) is 0 Å². The Morgan fingerprint density at radius 2 is 1.19 bits per heavy atom. The smallest absolute Gasteiger partial charge is 0.315 e. The molecule has 0 saturated carbocycles. The monoisotopic (exact) mass is 368 g/mol. The highest BCUT2D eigenvalue weighted by Crippen LogP contribution is 2.23. The van der Waals surface area contributed by atoms with Gasteiger partial charge in [-0.3, -0.25) is 0 Å². The third-order valence-electron chi connectivity index (χ3n) is 5.03. The van der Waals surface area contributed by atoms with Crippen molar-refractivity contribution in [1.29, 1.82) is 0 Å². The zero-order valence-corrected chi connectivity index (χ0v) is 15.0. The molecule has 6 heteroatoms. The summed E-state index contributed by atoms with van der Waals surface area (Å²) >= 11 is 0. The standard InChI is InChI=1S/C21H24N2O4/c24-21-22-17(11-15-7-3-1-4-8-15)19-20(27-14-25-13-26-19)18(23-21)12-16-9-5-2-6-10-16/h1-10,17-20H,11-14H2,(H2,22,23,24)/t17-,18-,19-,20+/m0/s1. The Bertz CT molecular complexity index is 679. The fourth-order valence-electron chi connectivity index (χ4n) is 3.78. The Labute approximate surface area is 158 Å². The molecule has 2 aromatic rings. The van der Waals surface area contributed by atoms with Gasteiger partial charge in [0.05, 0.1) is 12.1 Å². The number of hydrogen-bond acceptors (Lipinski definition) is 4. The molecule has 2 fully saturated rings. The van der Waals surface area contributed by atoms with Crippen molar-refractivity contribution in [3.8, 4) is 0 Å². The van der Waals surface area contributed by atoms with E-state index < -0.39 is 0 Å². The lowest BCUT2D eigenvalue weighted by atomic mass is 9.92. The predicted molar refractivity (Wildman–Crippen MR) is 100 cm³/mol. The van der Waals surface area contributed by atoms with Crippen LogP contribution >= 0.6 is 0 Å². The van der Waals surface area contributed by atoms with Crippen LogP contribution in [0.2, 0.25) is 0 Å². The van der Waals surface area contributed by atoms with Gasteiger partial charge in [-0.1, -0.05) is 60.7 Å². The summed E-state index contributed by atoms with van der Waals surface area (Å²) < 4.78 is 17.3. The van der Waals surface area contributed by atoms with Crippen molar-refractivity contribution in [1.82, 2.24) is 10.6 Å². The Morgan fingerprint density at radius 1 is 0.741 bits per heavy atom. The van der Waals surface area contributed by atoms with Crippen LogP contribution in [-0.2, 0) is 27.1 Å². The van der Waals surface area contributed by atoms with Gasteiger partial charge < -0.3 is 24.8 Å². The fraction of sp³-hybridized carbons (Fsp3) is 0.381. The summed E-state index contributed by atoms with van der Waals surface area (Å²) in [7, 11) is 0. The van der Waals surface area contributed by atoms with E-state index in [4.69, 9.17) is 14.2 Å². The number of carbonyl (C=O) groups is 1. The quantitative estimate of drug-likeness (QED) is 0.869. The largest absolute Gasteiger partial charge is 0.347 e. The van der Waals surface area contributed by atoms with Crippen LogP contribution in [0.4, 0.5) is 4.79 Å². The van der Waals surface area contributed by atoms with E-state index in [1.54, 1.807) is 0 Å². The van der Waals surface area contributed by atoms with Gasteiger partial charge in [0.1, 0.15) is 25.8 Å². The molecule has 2 amide bonds. The van der Waals surface area contributed by atoms with E-state index in [0.717, 1.165) is 11.1 Å². The molecule has 2 saturated heterocycles. The minimum atomic E-state index is -0.305. The molecule has 0 aromatic heterocycles. The van der Waals surface area contributed by atoms with Gasteiger partial charge in [0.2, 0.25) is 0 Å². The maximum atomic E-state index is 12.5. The topological polar surface area (TPSA) is 68.8 Å². The lowest BCUT2D eigenvalue weighted by molar-refractivity contribution is -0.0916. The van der Waals surface area contributed by atoms with Gasteiger partial charge in [0, 0.05) is 0 Å². The SMILES string of the molecule is O=C1N[C@@H](Cc2ccccc2)[C@@H]2OCOCO[C@@H]2[C@H](Cc2ccccc2)N1. The summed E-state index contributed by atoms with van der Waals surface area (Å²) in [6, 6.07) is 19.5. The number of carbonyl (C=O) groups excluding carboxylic acids is 1. The van der Waals surface area contributed by atoms with Crippen LogP contribution in [0, 0.1) is 0 Å². The zero-order valence-electron chi connectivity index (χ0n) is 15.0. The Balaban J connectivity index is 1.59. The molecule has 0 bridgehead atoms. The van der Waals surface area contributed by atoms with Gasteiger partial charge in [-0.2, -0.15) is 0 Å². The minimum Gasteiger partial charge on any atom is -0.347 e. The molecular weight excluding hydrogens is 344 g/mol. The molecule has 2 N–H and O–H groups in total. The maximum Gasteiger partial charge on any atom is 0.315 e. The van der Waals surface area contributed by atoms with E-state index in [1.807, 2.05) is 36.4 Å². The first-order valence-corrected chi connectivity index (χ1v) is 9.25. The molecule has 4 rings (SSSR count). The Hall–Kier alpha value is -2.41. The van der Waals surface area contributed by atoms with E-state index in [0.29, 0.717) is 12.8 Å². The third-order valence-corrected chi connectivity index (χ3v) is 5.03.